The van der Waals surface area contributed by atoms with E-state index < -0.39 is 0 Å². The Morgan fingerprint density at radius 1 is 1.17 bits per heavy atom. The van der Waals surface area contributed by atoms with Gasteiger partial charge in [-0.1, -0.05) is 6.92 Å². The second-order valence-electron chi connectivity index (χ2n) is 5.37. The molecule has 0 atom stereocenters. The molecule has 0 aliphatic heterocycles. The van der Waals surface area contributed by atoms with E-state index in [1.807, 2.05) is 26.0 Å². The van der Waals surface area contributed by atoms with Gasteiger partial charge in [0.2, 0.25) is 0 Å². The Morgan fingerprint density at radius 2 is 1.83 bits per heavy atom. The van der Waals surface area contributed by atoms with Gasteiger partial charge in [-0.3, -0.25) is 0 Å². The van der Waals surface area contributed by atoms with Crippen molar-refractivity contribution < 1.29 is 9.53 Å². The molecule has 3 aromatic rings. The number of carbonyl (C=O) groups excluding carboxylic acids is 1. The molecule has 1 aromatic heterocycles. The van der Waals surface area contributed by atoms with Gasteiger partial charge in [0.1, 0.15) is 11.0 Å². The Bertz CT molecular complexity index is 814. The normalized spacial score (nSPS) is 10.9. The van der Waals surface area contributed by atoms with Crippen molar-refractivity contribution in [2.45, 2.75) is 20.3 Å². The first-order valence-electron chi connectivity index (χ1n) is 7.49. The summed E-state index contributed by atoms with van der Waals surface area (Å²) in [7, 11) is 0. The fourth-order valence-electron chi connectivity index (χ4n) is 2.21. The second kappa shape index (κ2) is 6.08. The fourth-order valence-corrected chi connectivity index (χ4v) is 2.21. The Labute approximate surface area is 133 Å². The summed E-state index contributed by atoms with van der Waals surface area (Å²) in [4.78, 5) is 13.3. The van der Waals surface area contributed by atoms with Gasteiger partial charge in [-0.2, -0.15) is 4.80 Å². The third-order valence-electron chi connectivity index (χ3n) is 3.54. The van der Waals surface area contributed by atoms with E-state index in [0.717, 1.165) is 28.7 Å². The largest absolute Gasteiger partial charge is 0.462 e. The average Bonchev–Trinajstić information content (AvgIpc) is 2.96. The molecule has 118 valence electrons. The maximum Gasteiger partial charge on any atom is 0.338 e. The van der Waals surface area contributed by atoms with E-state index in [0.29, 0.717) is 17.9 Å². The number of anilines is 1. The van der Waals surface area contributed by atoms with Crippen molar-refractivity contribution >= 4 is 22.7 Å². The van der Waals surface area contributed by atoms with Gasteiger partial charge in [0.05, 0.1) is 17.9 Å². The zero-order valence-electron chi connectivity index (χ0n) is 13.1. The van der Waals surface area contributed by atoms with Gasteiger partial charge >= 0.3 is 5.97 Å². The van der Waals surface area contributed by atoms with Crippen LogP contribution >= 0.6 is 0 Å². The van der Waals surface area contributed by atoms with E-state index in [-0.39, 0.29) is 5.97 Å². The molecule has 2 aromatic carbocycles. The van der Waals surface area contributed by atoms with Gasteiger partial charge in [0.15, 0.2) is 0 Å². The summed E-state index contributed by atoms with van der Waals surface area (Å²) in [5, 5.41) is 8.86. The molecule has 6 heteroatoms. The molecule has 23 heavy (non-hydrogen) atoms. The minimum absolute atomic E-state index is 0.319. The number of esters is 1. The van der Waals surface area contributed by atoms with Crippen molar-refractivity contribution in [3.05, 3.63) is 47.5 Å². The highest BCUT2D eigenvalue weighted by atomic mass is 16.5. The van der Waals surface area contributed by atoms with Crippen LogP contribution in [0.2, 0.25) is 0 Å². The van der Waals surface area contributed by atoms with Crippen LogP contribution in [0.25, 0.3) is 16.7 Å². The number of benzene rings is 2. The summed E-state index contributed by atoms with van der Waals surface area (Å²) < 4.78 is 5.11. The summed E-state index contributed by atoms with van der Waals surface area (Å²) >= 11 is 0. The van der Waals surface area contributed by atoms with Gasteiger partial charge in [-0.05, 0) is 55.3 Å². The molecule has 0 aliphatic carbocycles. The molecule has 0 unspecified atom stereocenters. The van der Waals surface area contributed by atoms with E-state index in [9.17, 15) is 4.79 Å². The third-order valence-corrected chi connectivity index (χ3v) is 3.54. The number of aryl methyl sites for hydroxylation is 1. The number of nitrogens with two attached hydrogens (primary N) is 1. The zero-order valence-corrected chi connectivity index (χ0v) is 13.1. The summed E-state index contributed by atoms with van der Waals surface area (Å²) in [5.41, 5.74) is 10.4. The van der Waals surface area contributed by atoms with Crippen LogP contribution in [0.15, 0.2) is 36.4 Å². The SMILES string of the molecule is CCCOC(=O)c1ccc(-n2nc3cc(C)c(N)cc3n2)cc1. The number of nitrogen functional groups attached to an aromatic ring is 1. The number of ether oxygens (including phenoxy) is 1. The maximum absolute atomic E-state index is 11.8. The van der Waals surface area contributed by atoms with Gasteiger partial charge in [-0.25, -0.2) is 4.79 Å². The van der Waals surface area contributed by atoms with Crippen LogP contribution in [0.3, 0.4) is 0 Å². The quantitative estimate of drug-likeness (QED) is 0.592. The van der Waals surface area contributed by atoms with Crippen molar-refractivity contribution in [2.75, 3.05) is 12.3 Å². The lowest BCUT2D eigenvalue weighted by Gasteiger charge is -2.04. The van der Waals surface area contributed by atoms with Gasteiger partial charge in [-0.15, -0.1) is 10.2 Å². The van der Waals surface area contributed by atoms with E-state index in [2.05, 4.69) is 10.2 Å². The molecule has 3 rings (SSSR count). The van der Waals surface area contributed by atoms with Crippen molar-refractivity contribution in [3.8, 4) is 5.69 Å². The lowest BCUT2D eigenvalue weighted by atomic mass is 10.2. The van der Waals surface area contributed by atoms with Crippen molar-refractivity contribution in [1.29, 1.82) is 0 Å². The molecule has 0 saturated heterocycles. The van der Waals surface area contributed by atoms with Gasteiger partial charge in [0.25, 0.3) is 0 Å². The molecular weight excluding hydrogens is 292 g/mol. The summed E-state index contributed by atoms with van der Waals surface area (Å²) in [6, 6.07) is 10.7. The highest BCUT2D eigenvalue weighted by molar-refractivity contribution is 5.89. The predicted octanol–water partition coefficient (Wildman–Crippen LogP) is 2.88. The van der Waals surface area contributed by atoms with Crippen LogP contribution in [-0.4, -0.2) is 27.6 Å². The monoisotopic (exact) mass is 310 g/mol. The molecule has 0 amide bonds. The molecule has 0 saturated carbocycles. The van der Waals surface area contributed by atoms with Crippen molar-refractivity contribution in [2.24, 2.45) is 0 Å². The van der Waals surface area contributed by atoms with Crippen LogP contribution < -0.4 is 5.73 Å². The van der Waals surface area contributed by atoms with E-state index in [1.165, 1.54) is 4.80 Å². The number of hydrogen-bond donors (Lipinski definition) is 1. The standard InChI is InChI=1S/C17H18N4O2/c1-3-8-23-17(22)12-4-6-13(7-5-12)21-19-15-9-11(2)14(18)10-16(15)20-21/h4-7,9-10H,3,8,18H2,1-2H3. The fraction of sp³-hybridized carbons (Fsp3) is 0.235. The van der Waals surface area contributed by atoms with Crippen LogP contribution in [0.5, 0.6) is 0 Å². The highest BCUT2D eigenvalue weighted by Crippen LogP contribution is 2.19. The smallest absolute Gasteiger partial charge is 0.338 e. The lowest BCUT2D eigenvalue weighted by molar-refractivity contribution is 0.0505. The minimum atomic E-state index is -0.319. The molecular formula is C17H18N4O2. The first-order valence-corrected chi connectivity index (χ1v) is 7.49. The number of hydrogen-bond acceptors (Lipinski definition) is 5. The number of nitrogens with zero attached hydrogens (tertiary/aromatic N) is 3. The number of fused-ring (bicyclic) bond motifs is 1. The predicted molar refractivity (Wildman–Crippen MR) is 88.6 cm³/mol. The van der Waals surface area contributed by atoms with Crippen LogP contribution in [0.4, 0.5) is 5.69 Å². The number of carbonyl (C=O) groups is 1. The second-order valence-corrected chi connectivity index (χ2v) is 5.37. The third kappa shape index (κ3) is 3.01. The molecule has 0 bridgehead atoms. The zero-order chi connectivity index (χ0) is 16.4. The Balaban J connectivity index is 1.88. The van der Waals surface area contributed by atoms with Gasteiger partial charge < -0.3 is 10.5 Å². The van der Waals surface area contributed by atoms with Crippen LogP contribution in [0, 0.1) is 6.92 Å². The van der Waals surface area contributed by atoms with Crippen molar-refractivity contribution in [3.63, 3.8) is 0 Å². The molecule has 0 fully saturated rings. The lowest BCUT2D eigenvalue weighted by Crippen LogP contribution is -2.06. The summed E-state index contributed by atoms with van der Waals surface area (Å²) in [6.45, 7) is 4.32. The number of rotatable bonds is 4. The van der Waals surface area contributed by atoms with Crippen LogP contribution in [0.1, 0.15) is 29.3 Å². The summed E-state index contributed by atoms with van der Waals surface area (Å²) in [5.74, 6) is -0.319. The highest BCUT2D eigenvalue weighted by Gasteiger charge is 2.09. The molecule has 2 N–H and O–H groups in total. The van der Waals surface area contributed by atoms with E-state index >= 15 is 0 Å². The van der Waals surface area contributed by atoms with Gasteiger partial charge in [0, 0.05) is 5.69 Å². The molecule has 0 spiro atoms. The average molecular weight is 310 g/mol. The number of aromatic nitrogens is 3. The Hall–Kier alpha value is -2.89. The first-order chi connectivity index (χ1) is 11.1. The molecule has 6 nitrogen and oxygen atoms in total. The summed E-state index contributed by atoms with van der Waals surface area (Å²) in [6.07, 6.45) is 0.802. The van der Waals surface area contributed by atoms with Crippen LogP contribution in [-0.2, 0) is 4.74 Å². The minimum Gasteiger partial charge on any atom is -0.462 e. The molecule has 0 aliphatic rings. The first kappa shape index (κ1) is 15.0. The molecule has 0 radical (unpaired) electrons. The topological polar surface area (TPSA) is 83.0 Å². The van der Waals surface area contributed by atoms with E-state index in [1.54, 1.807) is 24.3 Å². The van der Waals surface area contributed by atoms with Crippen molar-refractivity contribution in [1.82, 2.24) is 15.0 Å². The maximum atomic E-state index is 11.8. The Kier molecular flexibility index (Phi) is 3.97. The Morgan fingerprint density at radius 3 is 2.48 bits per heavy atom. The molecule has 1 heterocycles. The van der Waals surface area contributed by atoms with E-state index in [4.69, 9.17) is 10.5 Å².